The van der Waals surface area contributed by atoms with Gasteiger partial charge in [0, 0.05) is 13.5 Å². The van der Waals surface area contributed by atoms with E-state index < -0.39 is 29.6 Å². The largest absolute Gasteiger partial charge is 0.467 e. The third kappa shape index (κ3) is 8.08. The topological polar surface area (TPSA) is 94.2 Å². The van der Waals surface area contributed by atoms with Crippen LogP contribution < -0.4 is 5.32 Å². The van der Waals surface area contributed by atoms with Crippen LogP contribution in [-0.2, 0) is 30.2 Å². The Morgan fingerprint density at radius 2 is 1.74 bits per heavy atom. The number of alkyl carbamates (subject to hydrolysis) is 1. The van der Waals surface area contributed by atoms with Gasteiger partial charge in [-0.2, -0.15) is 0 Å². The molecule has 0 heterocycles. The maximum absolute atomic E-state index is 12.6. The summed E-state index contributed by atoms with van der Waals surface area (Å²) in [5, 5.41) is 2.39. The monoisotopic (exact) mass is 380 g/mol. The first kappa shape index (κ1) is 22.4. The number of carbonyl (C=O) groups is 3. The number of hydrogen-bond donors (Lipinski definition) is 1. The lowest BCUT2D eigenvalue weighted by molar-refractivity contribution is -0.156. The maximum Gasteiger partial charge on any atom is 0.408 e. The molecule has 2 amide bonds. The average Bonchev–Trinajstić information content (AvgIpc) is 2.61. The van der Waals surface area contributed by atoms with Gasteiger partial charge in [-0.3, -0.25) is 4.79 Å². The number of rotatable bonds is 8. The molecule has 0 saturated carbocycles. The number of nitrogens with zero attached hydrogens (tertiary/aromatic N) is 1. The third-order valence-corrected chi connectivity index (χ3v) is 3.49. The lowest BCUT2D eigenvalue weighted by Crippen LogP contribution is -2.51. The quantitative estimate of drug-likeness (QED) is 0.545. The van der Waals surface area contributed by atoms with Crippen LogP contribution in [0.5, 0.6) is 0 Å². The van der Waals surface area contributed by atoms with E-state index in [1.54, 1.807) is 20.8 Å². The summed E-state index contributed by atoms with van der Waals surface area (Å²) < 4.78 is 15.0. The molecule has 1 rings (SSSR count). The van der Waals surface area contributed by atoms with Gasteiger partial charge in [-0.25, -0.2) is 9.59 Å². The van der Waals surface area contributed by atoms with Gasteiger partial charge in [0.2, 0.25) is 5.91 Å². The molecule has 0 radical (unpaired) electrons. The Labute approximate surface area is 159 Å². The number of carbonyl (C=O) groups excluding carboxylic acids is 3. The van der Waals surface area contributed by atoms with Crippen molar-refractivity contribution in [3.63, 3.8) is 0 Å². The van der Waals surface area contributed by atoms with Crippen LogP contribution in [0.3, 0.4) is 0 Å². The molecule has 0 fully saturated rings. The molecular weight excluding hydrogens is 352 g/mol. The molecule has 1 aromatic rings. The second kappa shape index (κ2) is 10.5. The van der Waals surface area contributed by atoms with E-state index in [1.165, 1.54) is 19.1 Å². The summed E-state index contributed by atoms with van der Waals surface area (Å²) in [6.45, 7) is 4.71. The molecule has 0 aromatic heterocycles. The van der Waals surface area contributed by atoms with E-state index in [1.807, 2.05) is 30.3 Å². The Bertz CT molecular complexity index is 627. The van der Waals surface area contributed by atoms with Gasteiger partial charge in [-0.05, 0) is 26.3 Å². The second-order valence-electron chi connectivity index (χ2n) is 6.87. The second-order valence-corrected chi connectivity index (χ2v) is 6.87. The number of methoxy groups -OCH3 is 2. The average molecular weight is 380 g/mol. The van der Waals surface area contributed by atoms with Crippen LogP contribution in [-0.4, -0.2) is 62.0 Å². The van der Waals surface area contributed by atoms with Crippen LogP contribution >= 0.6 is 0 Å². The smallest absolute Gasteiger partial charge is 0.408 e. The van der Waals surface area contributed by atoms with Gasteiger partial charge in [0.05, 0.1) is 7.11 Å². The molecule has 0 aliphatic carbocycles. The molecule has 8 nitrogen and oxygen atoms in total. The van der Waals surface area contributed by atoms with E-state index in [9.17, 15) is 14.4 Å². The molecule has 1 N–H and O–H groups in total. The SMILES string of the molecule is COCN(C(=O)CNC(=O)OC(C)(C)C)[C@@H](Cc1ccccc1)C(=O)OC. The van der Waals surface area contributed by atoms with Gasteiger partial charge in [0.1, 0.15) is 24.9 Å². The van der Waals surface area contributed by atoms with E-state index >= 15 is 0 Å². The van der Waals surface area contributed by atoms with Crippen molar-refractivity contribution in [2.24, 2.45) is 0 Å². The van der Waals surface area contributed by atoms with Crippen LogP contribution in [0, 0.1) is 0 Å². The first-order valence-corrected chi connectivity index (χ1v) is 8.55. The Morgan fingerprint density at radius 3 is 2.26 bits per heavy atom. The summed E-state index contributed by atoms with van der Waals surface area (Å²) in [4.78, 5) is 37.9. The number of ether oxygens (including phenoxy) is 3. The molecule has 0 unspecified atom stereocenters. The van der Waals surface area contributed by atoms with Crippen molar-refractivity contribution >= 4 is 18.0 Å². The van der Waals surface area contributed by atoms with Crippen LogP contribution in [0.1, 0.15) is 26.3 Å². The summed E-state index contributed by atoms with van der Waals surface area (Å²) in [5.41, 5.74) is 0.184. The van der Waals surface area contributed by atoms with E-state index in [-0.39, 0.29) is 19.7 Å². The highest BCUT2D eigenvalue weighted by atomic mass is 16.6. The van der Waals surface area contributed by atoms with Crippen LogP contribution in [0.4, 0.5) is 4.79 Å². The molecule has 0 aliphatic heterocycles. The summed E-state index contributed by atoms with van der Waals surface area (Å²) in [5.74, 6) is -1.06. The lowest BCUT2D eigenvalue weighted by atomic mass is 10.0. The van der Waals surface area contributed by atoms with E-state index in [0.29, 0.717) is 0 Å². The predicted octanol–water partition coefficient (Wildman–Crippen LogP) is 1.73. The molecule has 1 aromatic carbocycles. The zero-order valence-corrected chi connectivity index (χ0v) is 16.5. The van der Waals surface area contributed by atoms with Crippen molar-refractivity contribution in [1.29, 1.82) is 0 Å². The van der Waals surface area contributed by atoms with Gasteiger partial charge >= 0.3 is 12.1 Å². The fourth-order valence-corrected chi connectivity index (χ4v) is 2.33. The lowest BCUT2D eigenvalue weighted by Gasteiger charge is -2.29. The Hall–Kier alpha value is -2.61. The van der Waals surface area contributed by atoms with Gasteiger partial charge in [0.15, 0.2) is 0 Å². The predicted molar refractivity (Wildman–Crippen MR) is 98.9 cm³/mol. The fourth-order valence-electron chi connectivity index (χ4n) is 2.33. The van der Waals surface area contributed by atoms with Crippen LogP contribution in [0.25, 0.3) is 0 Å². The molecule has 0 bridgehead atoms. The minimum atomic E-state index is -0.884. The molecule has 150 valence electrons. The highest BCUT2D eigenvalue weighted by molar-refractivity contribution is 5.87. The van der Waals surface area contributed by atoms with E-state index in [2.05, 4.69) is 5.32 Å². The normalized spacial score (nSPS) is 12.0. The zero-order chi connectivity index (χ0) is 20.4. The molecule has 0 spiro atoms. The number of nitrogens with one attached hydrogen (secondary N) is 1. The van der Waals surface area contributed by atoms with E-state index in [0.717, 1.165) is 5.56 Å². The van der Waals surface area contributed by atoms with Crippen LogP contribution in [0.15, 0.2) is 30.3 Å². The molecular formula is C19H28N2O6. The minimum Gasteiger partial charge on any atom is -0.467 e. The molecule has 8 heteroatoms. The highest BCUT2D eigenvalue weighted by Gasteiger charge is 2.31. The van der Waals surface area contributed by atoms with Crippen molar-refractivity contribution in [1.82, 2.24) is 10.2 Å². The summed E-state index contributed by atoms with van der Waals surface area (Å²) >= 11 is 0. The number of esters is 1. The van der Waals surface area contributed by atoms with E-state index in [4.69, 9.17) is 14.2 Å². The van der Waals surface area contributed by atoms with Gasteiger partial charge in [0.25, 0.3) is 0 Å². The van der Waals surface area contributed by atoms with Gasteiger partial charge in [-0.15, -0.1) is 0 Å². The minimum absolute atomic E-state index is 0.124. The van der Waals surface area contributed by atoms with Crippen molar-refractivity contribution in [2.45, 2.75) is 38.8 Å². The first-order valence-electron chi connectivity index (χ1n) is 8.55. The standard InChI is InChI=1S/C19H28N2O6/c1-19(2,3)27-18(24)20-12-16(22)21(13-25-4)15(17(23)26-5)11-14-9-7-6-8-10-14/h6-10,15H,11-13H2,1-5H3,(H,20,24)/t15-/m0/s1. The third-order valence-electron chi connectivity index (χ3n) is 3.49. The fraction of sp³-hybridized carbons (Fsp3) is 0.526. The Kier molecular flexibility index (Phi) is 8.74. The summed E-state index contributed by atoms with van der Waals surface area (Å²) in [6, 6.07) is 8.37. The number of benzene rings is 1. The maximum atomic E-state index is 12.6. The Balaban J connectivity index is 2.87. The molecule has 0 aliphatic rings. The van der Waals surface area contributed by atoms with Crippen LogP contribution in [0.2, 0.25) is 0 Å². The number of hydrogen-bond acceptors (Lipinski definition) is 6. The van der Waals surface area contributed by atoms with Crippen molar-refractivity contribution in [3.8, 4) is 0 Å². The summed E-state index contributed by atoms with van der Waals surface area (Å²) in [6.07, 6.45) is -0.458. The first-order chi connectivity index (χ1) is 12.7. The van der Waals surface area contributed by atoms with Crippen molar-refractivity contribution < 1.29 is 28.6 Å². The zero-order valence-electron chi connectivity index (χ0n) is 16.5. The van der Waals surface area contributed by atoms with Crippen molar-refractivity contribution in [2.75, 3.05) is 27.5 Å². The Morgan fingerprint density at radius 1 is 1.11 bits per heavy atom. The molecule has 0 saturated heterocycles. The summed E-state index contributed by atoms with van der Waals surface area (Å²) in [7, 11) is 2.67. The number of amides is 2. The highest BCUT2D eigenvalue weighted by Crippen LogP contribution is 2.12. The van der Waals surface area contributed by atoms with Gasteiger partial charge in [-0.1, -0.05) is 30.3 Å². The van der Waals surface area contributed by atoms with Crippen molar-refractivity contribution in [3.05, 3.63) is 35.9 Å². The molecule has 27 heavy (non-hydrogen) atoms. The van der Waals surface area contributed by atoms with Gasteiger partial charge < -0.3 is 24.4 Å². The molecule has 1 atom stereocenters.